The van der Waals surface area contributed by atoms with Crippen LogP contribution in [0.15, 0.2) is 33.9 Å². The molecule has 1 aromatic heterocycles. The number of thioether (sulfide) groups is 1. The van der Waals surface area contributed by atoms with Crippen molar-refractivity contribution in [1.29, 1.82) is 0 Å². The summed E-state index contributed by atoms with van der Waals surface area (Å²) in [6.45, 7) is 12.8. The molecule has 0 saturated carbocycles. The first kappa shape index (κ1) is 20.3. The van der Waals surface area contributed by atoms with Crippen LogP contribution in [0.2, 0.25) is 0 Å². The first-order chi connectivity index (χ1) is 12.4. The number of nitrogens with zero attached hydrogens (tertiary/aromatic N) is 3. The molecule has 0 saturated heterocycles. The van der Waals surface area contributed by atoms with Gasteiger partial charge in [0.1, 0.15) is 0 Å². The fourth-order valence-electron chi connectivity index (χ4n) is 2.43. The zero-order valence-electron chi connectivity index (χ0n) is 16.2. The third-order valence-electron chi connectivity index (χ3n) is 3.98. The maximum Gasteiger partial charge on any atom is 0.277 e. The van der Waals surface area contributed by atoms with Gasteiger partial charge in [0.15, 0.2) is 0 Å². The van der Waals surface area contributed by atoms with Crippen LogP contribution >= 0.6 is 11.8 Å². The molecule has 0 aliphatic carbocycles. The van der Waals surface area contributed by atoms with Gasteiger partial charge < -0.3 is 14.6 Å². The molecule has 0 aliphatic rings. The lowest BCUT2D eigenvalue weighted by atomic mass is 10.2. The Labute approximate surface area is 159 Å². The lowest BCUT2D eigenvalue weighted by molar-refractivity contribution is -0.120. The summed E-state index contributed by atoms with van der Waals surface area (Å²) in [5.74, 6) is 0.867. The van der Waals surface area contributed by atoms with Crippen LogP contribution in [0.4, 0.5) is 5.69 Å². The van der Waals surface area contributed by atoms with Crippen molar-refractivity contribution in [3.8, 4) is 11.5 Å². The molecule has 26 heavy (non-hydrogen) atoms. The number of benzene rings is 1. The molecular formula is C19H28N4O2S. The Hall–Kier alpha value is -2.02. The molecule has 0 spiro atoms. The van der Waals surface area contributed by atoms with Gasteiger partial charge in [0, 0.05) is 30.9 Å². The lowest BCUT2D eigenvalue weighted by Gasteiger charge is -2.20. The molecule has 0 radical (unpaired) electrons. The minimum absolute atomic E-state index is 0.0213. The maximum atomic E-state index is 12.1. The summed E-state index contributed by atoms with van der Waals surface area (Å²) in [5.41, 5.74) is 2.04. The monoisotopic (exact) mass is 376 g/mol. The Morgan fingerprint density at radius 3 is 2.38 bits per heavy atom. The highest BCUT2D eigenvalue weighted by Crippen LogP contribution is 2.27. The quantitative estimate of drug-likeness (QED) is 0.671. The second-order valence-electron chi connectivity index (χ2n) is 6.49. The summed E-state index contributed by atoms with van der Waals surface area (Å²) in [7, 11) is 0. The van der Waals surface area contributed by atoms with Crippen molar-refractivity contribution in [1.82, 2.24) is 15.5 Å². The Bertz CT molecular complexity index is 696. The van der Waals surface area contributed by atoms with E-state index in [1.54, 1.807) is 0 Å². The molecule has 0 fully saturated rings. The molecule has 2 aromatic rings. The van der Waals surface area contributed by atoms with E-state index in [1.165, 1.54) is 17.4 Å². The number of rotatable bonds is 9. The van der Waals surface area contributed by atoms with Gasteiger partial charge in [-0.3, -0.25) is 4.79 Å². The van der Waals surface area contributed by atoms with Crippen LogP contribution in [0.1, 0.15) is 34.6 Å². The van der Waals surface area contributed by atoms with Gasteiger partial charge in [-0.05, 0) is 51.0 Å². The van der Waals surface area contributed by atoms with Crippen LogP contribution in [0, 0.1) is 5.92 Å². The Morgan fingerprint density at radius 2 is 1.81 bits per heavy atom. The van der Waals surface area contributed by atoms with Crippen molar-refractivity contribution < 1.29 is 9.21 Å². The molecule has 6 nitrogen and oxygen atoms in total. The zero-order valence-corrected chi connectivity index (χ0v) is 17.0. The number of hydrogen-bond donors (Lipinski definition) is 1. The highest BCUT2D eigenvalue weighted by molar-refractivity contribution is 8.00. The normalized spacial score (nSPS) is 12.2. The fraction of sp³-hybridized carbons (Fsp3) is 0.526. The molecule has 1 aromatic carbocycles. The molecule has 142 valence electrons. The summed E-state index contributed by atoms with van der Waals surface area (Å²) in [4.78, 5) is 14.3. The van der Waals surface area contributed by atoms with Crippen molar-refractivity contribution in [3.05, 3.63) is 24.3 Å². The number of nitrogens with one attached hydrogen (secondary N) is 1. The van der Waals surface area contributed by atoms with Crippen molar-refractivity contribution in [2.45, 2.75) is 45.1 Å². The van der Waals surface area contributed by atoms with Gasteiger partial charge in [0.2, 0.25) is 11.8 Å². The van der Waals surface area contributed by atoms with Crippen LogP contribution in [0.3, 0.4) is 0 Å². The van der Waals surface area contributed by atoms with E-state index in [4.69, 9.17) is 4.42 Å². The van der Waals surface area contributed by atoms with Crippen LogP contribution in [0.5, 0.6) is 0 Å². The van der Waals surface area contributed by atoms with E-state index in [0.717, 1.165) is 18.7 Å². The smallest absolute Gasteiger partial charge is 0.277 e. The average molecular weight is 377 g/mol. The number of hydrogen-bond acceptors (Lipinski definition) is 6. The average Bonchev–Trinajstić information content (AvgIpc) is 3.09. The third kappa shape index (κ3) is 5.49. The van der Waals surface area contributed by atoms with E-state index in [-0.39, 0.29) is 11.2 Å². The first-order valence-corrected chi connectivity index (χ1v) is 9.95. The largest absolute Gasteiger partial charge is 0.411 e. The minimum atomic E-state index is -0.285. The molecule has 1 amide bonds. The number of aromatic nitrogens is 2. The number of carbonyl (C=O) groups excluding carboxylic acids is 1. The first-order valence-electron chi connectivity index (χ1n) is 9.07. The zero-order chi connectivity index (χ0) is 19.1. The number of carbonyl (C=O) groups is 1. The topological polar surface area (TPSA) is 71.3 Å². The standard InChI is InChI=1S/C19H28N4O2S/c1-6-23(7-2)16-10-8-15(9-11-16)18-21-22-19(25-18)26-14(5)17(24)20-12-13(3)4/h8-11,13-14H,6-7,12H2,1-5H3,(H,20,24). The Morgan fingerprint density at radius 1 is 1.15 bits per heavy atom. The van der Waals surface area contributed by atoms with Gasteiger partial charge in [-0.1, -0.05) is 25.6 Å². The van der Waals surface area contributed by atoms with Gasteiger partial charge in [0.25, 0.3) is 5.22 Å². The highest BCUT2D eigenvalue weighted by atomic mass is 32.2. The van der Waals surface area contributed by atoms with E-state index in [0.29, 0.717) is 23.6 Å². The molecule has 1 N–H and O–H groups in total. The predicted octanol–water partition coefficient (Wildman–Crippen LogP) is 3.84. The SMILES string of the molecule is CCN(CC)c1ccc(-c2nnc(SC(C)C(=O)NCC(C)C)o2)cc1. The number of amides is 1. The third-order valence-corrected chi connectivity index (χ3v) is 4.91. The second-order valence-corrected chi connectivity index (χ2v) is 7.78. The summed E-state index contributed by atoms with van der Waals surface area (Å²) >= 11 is 1.27. The number of anilines is 1. The lowest BCUT2D eigenvalue weighted by Crippen LogP contribution is -2.33. The summed E-state index contributed by atoms with van der Waals surface area (Å²) < 4.78 is 5.72. The van der Waals surface area contributed by atoms with Crippen LogP contribution in [-0.2, 0) is 4.79 Å². The van der Waals surface area contributed by atoms with Gasteiger partial charge in [0.05, 0.1) is 5.25 Å². The van der Waals surface area contributed by atoms with Crippen LogP contribution in [0.25, 0.3) is 11.5 Å². The van der Waals surface area contributed by atoms with E-state index in [1.807, 2.05) is 19.1 Å². The molecular weight excluding hydrogens is 348 g/mol. The summed E-state index contributed by atoms with van der Waals surface area (Å²) in [5, 5.41) is 11.2. The van der Waals surface area contributed by atoms with Crippen molar-refractivity contribution in [3.63, 3.8) is 0 Å². The molecule has 0 aliphatic heterocycles. The van der Waals surface area contributed by atoms with Gasteiger partial charge in [-0.2, -0.15) is 0 Å². The van der Waals surface area contributed by atoms with Crippen molar-refractivity contribution in [2.24, 2.45) is 5.92 Å². The van der Waals surface area contributed by atoms with Gasteiger partial charge in [-0.25, -0.2) is 0 Å². The molecule has 1 heterocycles. The van der Waals surface area contributed by atoms with E-state index < -0.39 is 0 Å². The summed E-state index contributed by atoms with van der Waals surface area (Å²) in [6.07, 6.45) is 0. The van der Waals surface area contributed by atoms with E-state index in [2.05, 4.69) is 60.2 Å². The Kier molecular flexibility index (Phi) is 7.50. The van der Waals surface area contributed by atoms with Gasteiger partial charge >= 0.3 is 0 Å². The van der Waals surface area contributed by atoms with Crippen LogP contribution in [-0.4, -0.2) is 41.0 Å². The minimum Gasteiger partial charge on any atom is -0.411 e. The van der Waals surface area contributed by atoms with Crippen molar-refractivity contribution in [2.75, 3.05) is 24.5 Å². The predicted molar refractivity (Wildman–Crippen MR) is 106 cm³/mol. The van der Waals surface area contributed by atoms with E-state index >= 15 is 0 Å². The second kappa shape index (κ2) is 9.62. The van der Waals surface area contributed by atoms with Crippen LogP contribution < -0.4 is 10.2 Å². The molecule has 7 heteroatoms. The van der Waals surface area contributed by atoms with Crippen molar-refractivity contribution >= 4 is 23.4 Å². The molecule has 1 unspecified atom stereocenters. The summed E-state index contributed by atoms with van der Waals surface area (Å²) in [6, 6.07) is 8.07. The molecule has 2 rings (SSSR count). The van der Waals surface area contributed by atoms with E-state index in [9.17, 15) is 4.79 Å². The Balaban J connectivity index is 1.99. The van der Waals surface area contributed by atoms with Gasteiger partial charge in [-0.15, -0.1) is 10.2 Å². The fourth-order valence-corrected chi connectivity index (χ4v) is 3.14. The molecule has 0 bridgehead atoms. The highest BCUT2D eigenvalue weighted by Gasteiger charge is 2.18. The molecule has 1 atom stereocenters. The maximum absolute atomic E-state index is 12.1.